The average Bonchev–Trinajstić information content (AvgIpc) is 3.01. The van der Waals surface area contributed by atoms with Crippen molar-refractivity contribution in [2.45, 2.75) is 25.6 Å². The Kier molecular flexibility index (Phi) is 4.33. The van der Waals surface area contributed by atoms with Gasteiger partial charge < -0.3 is 15.0 Å². The molecule has 0 amide bonds. The summed E-state index contributed by atoms with van der Waals surface area (Å²) in [5, 5.41) is 3.29. The molecule has 1 saturated heterocycles. The molecule has 1 N–H and O–H groups in total. The van der Waals surface area contributed by atoms with Crippen LogP contribution in [0.2, 0.25) is 0 Å². The minimum Gasteiger partial charge on any atom is -0.373 e. The second-order valence-corrected chi connectivity index (χ2v) is 5.67. The molecule has 0 atom stereocenters. The maximum atomic E-state index is 6.01. The molecule has 4 heteroatoms. The summed E-state index contributed by atoms with van der Waals surface area (Å²) in [6, 6.07) is 8.55. The van der Waals surface area contributed by atoms with Crippen LogP contribution in [0, 0.1) is 0 Å². The number of ether oxygens (including phenoxy) is 1. The summed E-state index contributed by atoms with van der Waals surface area (Å²) in [5.74, 6) is 1.02. The summed E-state index contributed by atoms with van der Waals surface area (Å²) in [6.07, 6.45) is 2.72. The molecule has 1 aromatic carbocycles. The van der Waals surface area contributed by atoms with Crippen molar-refractivity contribution >= 4 is 5.84 Å². The van der Waals surface area contributed by atoms with Crippen LogP contribution >= 0.6 is 0 Å². The van der Waals surface area contributed by atoms with Crippen molar-refractivity contribution < 1.29 is 4.74 Å². The van der Waals surface area contributed by atoms with E-state index in [-0.39, 0.29) is 0 Å². The molecule has 3 rings (SSSR count). The topological polar surface area (TPSA) is 36.9 Å². The minimum absolute atomic E-state index is 0.423. The highest BCUT2D eigenvalue weighted by Crippen LogP contribution is 2.15. The van der Waals surface area contributed by atoms with Crippen molar-refractivity contribution in [2.75, 3.05) is 33.2 Å². The van der Waals surface area contributed by atoms with Gasteiger partial charge in [0.2, 0.25) is 0 Å². The van der Waals surface area contributed by atoms with Crippen molar-refractivity contribution in [3.05, 3.63) is 35.4 Å². The molecule has 0 aromatic heterocycles. The maximum absolute atomic E-state index is 6.01. The molecule has 0 spiro atoms. The van der Waals surface area contributed by atoms with Gasteiger partial charge in [0.05, 0.1) is 19.3 Å². The molecule has 1 aromatic rings. The molecule has 0 aliphatic carbocycles. The fraction of sp³-hybridized carbons (Fsp3) is 0.562. The first-order valence-electron chi connectivity index (χ1n) is 7.49. The summed E-state index contributed by atoms with van der Waals surface area (Å²) >= 11 is 0. The highest BCUT2D eigenvalue weighted by Gasteiger charge is 2.16. The van der Waals surface area contributed by atoms with Gasteiger partial charge in [0.1, 0.15) is 5.84 Å². The number of piperidine rings is 1. The van der Waals surface area contributed by atoms with Crippen LogP contribution in [0.15, 0.2) is 29.3 Å². The quantitative estimate of drug-likeness (QED) is 0.906. The van der Waals surface area contributed by atoms with Crippen LogP contribution in [0.1, 0.15) is 24.0 Å². The second kappa shape index (κ2) is 6.37. The molecule has 108 valence electrons. The third-order valence-electron chi connectivity index (χ3n) is 4.05. The summed E-state index contributed by atoms with van der Waals surface area (Å²) in [5.41, 5.74) is 2.41. The van der Waals surface area contributed by atoms with E-state index in [4.69, 9.17) is 4.74 Å². The fourth-order valence-electron chi connectivity index (χ4n) is 2.72. The first-order valence-corrected chi connectivity index (χ1v) is 7.49. The molecule has 2 aliphatic rings. The van der Waals surface area contributed by atoms with Crippen molar-refractivity contribution in [3.63, 3.8) is 0 Å². The molecule has 0 saturated carbocycles. The number of rotatable bonds is 4. The van der Waals surface area contributed by atoms with Gasteiger partial charge in [0, 0.05) is 25.2 Å². The summed E-state index contributed by atoms with van der Waals surface area (Å²) in [4.78, 5) is 6.80. The number of amidine groups is 1. The lowest BCUT2D eigenvalue weighted by Crippen LogP contribution is -2.34. The Hall–Kier alpha value is -1.39. The van der Waals surface area contributed by atoms with Gasteiger partial charge in [-0.2, -0.15) is 0 Å². The molecule has 0 unspecified atom stereocenters. The molecular formula is C16H23N3O. The van der Waals surface area contributed by atoms with Gasteiger partial charge in [-0.1, -0.05) is 24.3 Å². The number of nitrogens with one attached hydrogen (secondary N) is 1. The highest BCUT2D eigenvalue weighted by atomic mass is 16.5. The van der Waals surface area contributed by atoms with Gasteiger partial charge in [0.25, 0.3) is 0 Å². The first-order chi connectivity index (χ1) is 9.81. The summed E-state index contributed by atoms with van der Waals surface area (Å²) < 4.78 is 6.01. The van der Waals surface area contributed by atoms with E-state index in [0.717, 1.165) is 44.9 Å². The van der Waals surface area contributed by atoms with Crippen molar-refractivity contribution in [2.24, 2.45) is 4.99 Å². The number of benzene rings is 1. The lowest BCUT2D eigenvalue weighted by atomic mass is 10.1. The van der Waals surface area contributed by atoms with Crippen LogP contribution in [-0.2, 0) is 11.3 Å². The molecular weight excluding hydrogens is 250 g/mol. The van der Waals surface area contributed by atoms with Gasteiger partial charge in [0.15, 0.2) is 0 Å². The van der Waals surface area contributed by atoms with Crippen molar-refractivity contribution in [1.82, 2.24) is 10.2 Å². The van der Waals surface area contributed by atoms with E-state index in [9.17, 15) is 0 Å². The summed E-state index contributed by atoms with van der Waals surface area (Å²) in [7, 11) is 2.18. The molecule has 2 heterocycles. The van der Waals surface area contributed by atoms with Crippen LogP contribution in [-0.4, -0.2) is 50.1 Å². The zero-order valence-electron chi connectivity index (χ0n) is 12.1. The van der Waals surface area contributed by atoms with E-state index in [1.165, 1.54) is 11.1 Å². The maximum Gasteiger partial charge on any atom is 0.128 e. The third kappa shape index (κ3) is 3.38. The van der Waals surface area contributed by atoms with E-state index in [1.54, 1.807) is 0 Å². The molecule has 1 fully saturated rings. The number of nitrogens with zero attached hydrogens (tertiary/aromatic N) is 2. The molecule has 0 radical (unpaired) electrons. The highest BCUT2D eigenvalue weighted by molar-refractivity contribution is 5.99. The normalized spacial score (nSPS) is 20.8. The second-order valence-electron chi connectivity index (χ2n) is 5.67. The molecule has 0 bridgehead atoms. The van der Waals surface area contributed by atoms with Crippen LogP contribution in [0.5, 0.6) is 0 Å². The fourth-order valence-corrected chi connectivity index (χ4v) is 2.72. The van der Waals surface area contributed by atoms with Crippen LogP contribution in [0.25, 0.3) is 0 Å². The predicted molar refractivity (Wildman–Crippen MR) is 81.2 cm³/mol. The van der Waals surface area contributed by atoms with E-state index < -0.39 is 0 Å². The van der Waals surface area contributed by atoms with E-state index >= 15 is 0 Å². The zero-order valence-corrected chi connectivity index (χ0v) is 12.1. The number of hydrogen-bond acceptors (Lipinski definition) is 4. The van der Waals surface area contributed by atoms with Gasteiger partial charge in [-0.25, -0.2) is 0 Å². The minimum atomic E-state index is 0.423. The third-order valence-corrected chi connectivity index (χ3v) is 4.05. The Morgan fingerprint density at radius 1 is 1.25 bits per heavy atom. The Morgan fingerprint density at radius 2 is 2.00 bits per heavy atom. The first kappa shape index (κ1) is 13.6. The Bertz CT molecular complexity index is 461. The number of aliphatic imine (C=N–C) groups is 1. The Balaban J connectivity index is 1.50. The SMILES string of the molecule is CN1CCC(OCc2ccc(C3=NCCN3)cc2)CC1. The van der Waals surface area contributed by atoms with Gasteiger partial charge in [-0.3, -0.25) is 4.99 Å². The van der Waals surface area contributed by atoms with E-state index in [0.29, 0.717) is 12.7 Å². The van der Waals surface area contributed by atoms with Crippen molar-refractivity contribution in [1.29, 1.82) is 0 Å². The van der Waals surface area contributed by atoms with Gasteiger partial charge >= 0.3 is 0 Å². The smallest absolute Gasteiger partial charge is 0.128 e. The molecule has 2 aliphatic heterocycles. The monoisotopic (exact) mass is 273 g/mol. The standard InChI is InChI=1S/C16H23N3O/c1-19-10-6-15(7-11-19)20-12-13-2-4-14(5-3-13)16-17-8-9-18-16/h2-5,15H,6-12H2,1H3,(H,17,18). The lowest BCUT2D eigenvalue weighted by Gasteiger charge is -2.28. The largest absolute Gasteiger partial charge is 0.373 e. The number of hydrogen-bond donors (Lipinski definition) is 1. The van der Waals surface area contributed by atoms with Gasteiger partial charge in [-0.05, 0) is 25.5 Å². The molecule has 4 nitrogen and oxygen atoms in total. The van der Waals surface area contributed by atoms with E-state index in [2.05, 4.69) is 46.5 Å². The van der Waals surface area contributed by atoms with Gasteiger partial charge in [-0.15, -0.1) is 0 Å². The lowest BCUT2D eigenvalue weighted by molar-refractivity contribution is 0.00214. The molecule has 20 heavy (non-hydrogen) atoms. The van der Waals surface area contributed by atoms with Crippen LogP contribution < -0.4 is 5.32 Å². The van der Waals surface area contributed by atoms with Crippen LogP contribution in [0.3, 0.4) is 0 Å². The Labute approximate surface area is 120 Å². The van der Waals surface area contributed by atoms with Crippen molar-refractivity contribution in [3.8, 4) is 0 Å². The Morgan fingerprint density at radius 3 is 2.65 bits per heavy atom. The number of likely N-dealkylation sites (tertiary alicyclic amines) is 1. The zero-order chi connectivity index (χ0) is 13.8. The predicted octanol–water partition coefficient (Wildman–Crippen LogP) is 1.65. The summed E-state index contributed by atoms with van der Waals surface area (Å²) in [6.45, 7) is 4.85. The average molecular weight is 273 g/mol. The van der Waals surface area contributed by atoms with E-state index in [1.807, 2.05) is 0 Å². The van der Waals surface area contributed by atoms with Crippen LogP contribution in [0.4, 0.5) is 0 Å².